The molecule has 0 amide bonds. The van der Waals surface area contributed by atoms with Gasteiger partial charge in [0.05, 0.1) is 31.3 Å². The predicted molar refractivity (Wildman–Crippen MR) is 129 cm³/mol. The molecule has 1 aromatic heterocycles. The molecule has 1 N–H and O–H groups in total. The molecule has 3 aromatic rings. The first-order valence-corrected chi connectivity index (χ1v) is 10.8. The zero-order valence-electron chi connectivity index (χ0n) is 18.0. The van der Waals surface area contributed by atoms with Crippen LogP contribution in [0.15, 0.2) is 55.1 Å². The summed E-state index contributed by atoms with van der Waals surface area (Å²) in [5.41, 5.74) is 2.93. The molecule has 1 heterocycles. The molecule has 0 aliphatic heterocycles. The van der Waals surface area contributed by atoms with Crippen LogP contribution in [0.3, 0.4) is 0 Å². The fourth-order valence-corrected chi connectivity index (χ4v) is 3.66. The SMILES string of the molecule is COc1ccc(CN(CCCn2ccnc2)C(=S)Nc2cc(C)ccc2Cl)c(OC)c1. The lowest BCUT2D eigenvalue weighted by molar-refractivity contribution is 0.366. The maximum atomic E-state index is 6.37. The smallest absolute Gasteiger partial charge is 0.173 e. The number of nitrogens with zero attached hydrogens (tertiary/aromatic N) is 3. The molecule has 0 fully saturated rings. The third kappa shape index (κ3) is 6.35. The van der Waals surface area contributed by atoms with Crippen LogP contribution >= 0.6 is 23.8 Å². The zero-order valence-corrected chi connectivity index (χ0v) is 19.5. The summed E-state index contributed by atoms with van der Waals surface area (Å²) >= 11 is 12.1. The van der Waals surface area contributed by atoms with Crippen molar-refractivity contribution in [2.24, 2.45) is 0 Å². The number of anilines is 1. The van der Waals surface area contributed by atoms with Gasteiger partial charge in [-0.2, -0.15) is 0 Å². The van der Waals surface area contributed by atoms with E-state index in [9.17, 15) is 0 Å². The van der Waals surface area contributed by atoms with Crippen LogP contribution in [0, 0.1) is 6.92 Å². The van der Waals surface area contributed by atoms with Gasteiger partial charge in [0.25, 0.3) is 0 Å². The highest BCUT2D eigenvalue weighted by Crippen LogP contribution is 2.27. The number of thiocarbonyl (C=S) groups is 1. The zero-order chi connectivity index (χ0) is 22.2. The lowest BCUT2D eigenvalue weighted by atomic mass is 10.1. The summed E-state index contributed by atoms with van der Waals surface area (Å²) in [4.78, 5) is 6.22. The Morgan fingerprint density at radius 3 is 2.74 bits per heavy atom. The van der Waals surface area contributed by atoms with Crippen LogP contribution in [-0.2, 0) is 13.1 Å². The lowest BCUT2D eigenvalue weighted by Gasteiger charge is -2.27. The van der Waals surface area contributed by atoms with Gasteiger partial charge in [-0.15, -0.1) is 0 Å². The largest absolute Gasteiger partial charge is 0.497 e. The topological polar surface area (TPSA) is 51.5 Å². The number of hydrogen-bond acceptors (Lipinski definition) is 4. The van der Waals surface area contributed by atoms with E-state index in [-0.39, 0.29) is 0 Å². The molecule has 0 saturated carbocycles. The molecule has 0 radical (unpaired) electrons. The van der Waals surface area contributed by atoms with Crippen LogP contribution < -0.4 is 14.8 Å². The van der Waals surface area contributed by atoms with Gasteiger partial charge in [-0.05, 0) is 55.4 Å². The van der Waals surface area contributed by atoms with Crippen LogP contribution in [0.4, 0.5) is 5.69 Å². The maximum absolute atomic E-state index is 6.37. The van der Waals surface area contributed by atoms with Crippen LogP contribution in [-0.4, -0.2) is 40.3 Å². The molecule has 31 heavy (non-hydrogen) atoms. The van der Waals surface area contributed by atoms with Crippen molar-refractivity contribution in [1.82, 2.24) is 14.5 Å². The van der Waals surface area contributed by atoms with E-state index in [1.165, 1.54) is 0 Å². The number of halogens is 1. The van der Waals surface area contributed by atoms with Crippen molar-refractivity contribution in [2.45, 2.75) is 26.4 Å². The highest BCUT2D eigenvalue weighted by atomic mass is 35.5. The number of rotatable bonds is 9. The van der Waals surface area contributed by atoms with Gasteiger partial charge in [0.2, 0.25) is 0 Å². The molecule has 0 unspecified atom stereocenters. The summed E-state index contributed by atoms with van der Waals surface area (Å²) < 4.78 is 13.0. The molecule has 6 nitrogen and oxygen atoms in total. The van der Waals surface area contributed by atoms with Gasteiger partial charge in [0, 0.05) is 43.7 Å². The van der Waals surface area contributed by atoms with Gasteiger partial charge in [-0.3, -0.25) is 0 Å². The maximum Gasteiger partial charge on any atom is 0.173 e. The Kier molecular flexibility index (Phi) is 8.14. The number of nitrogens with one attached hydrogen (secondary N) is 1. The third-order valence-electron chi connectivity index (χ3n) is 4.91. The fraction of sp³-hybridized carbons (Fsp3) is 0.304. The first-order chi connectivity index (χ1) is 15.0. The van der Waals surface area contributed by atoms with Gasteiger partial charge in [-0.25, -0.2) is 4.98 Å². The average molecular weight is 459 g/mol. The number of imidazole rings is 1. The Morgan fingerprint density at radius 1 is 1.19 bits per heavy atom. The summed E-state index contributed by atoms with van der Waals surface area (Å²) in [5.74, 6) is 1.51. The van der Waals surface area contributed by atoms with Crippen LogP contribution in [0.1, 0.15) is 17.5 Å². The van der Waals surface area contributed by atoms with E-state index in [0.717, 1.165) is 47.8 Å². The Morgan fingerprint density at radius 2 is 2.03 bits per heavy atom. The van der Waals surface area contributed by atoms with Crippen LogP contribution in [0.5, 0.6) is 11.5 Å². The molecule has 3 rings (SSSR count). The molecular weight excluding hydrogens is 432 g/mol. The number of aryl methyl sites for hydroxylation is 2. The molecule has 164 valence electrons. The summed E-state index contributed by atoms with van der Waals surface area (Å²) in [5, 5.41) is 4.56. The third-order valence-corrected chi connectivity index (χ3v) is 5.60. The van der Waals surface area contributed by atoms with Crippen molar-refractivity contribution in [3.8, 4) is 11.5 Å². The Hall–Kier alpha value is -2.77. The van der Waals surface area contributed by atoms with Crippen LogP contribution in [0.2, 0.25) is 5.02 Å². The summed E-state index contributed by atoms with van der Waals surface area (Å²) in [7, 11) is 3.30. The summed E-state index contributed by atoms with van der Waals surface area (Å²) in [6.07, 6.45) is 6.46. The molecule has 0 aliphatic rings. The molecule has 0 atom stereocenters. The number of aromatic nitrogens is 2. The second kappa shape index (κ2) is 11.0. The Bertz CT molecular complexity index is 1010. The van der Waals surface area contributed by atoms with E-state index in [4.69, 9.17) is 33.3 Å². The van der Waals surface area contributed by atoms with E-state index in [0.29, 0.717) is 16.7 Å². The second-order valence-corrected chi connectivity index (χ2v) is 7.96. The second-order valence-electron chi connectivity index (χ2n) is 7.17. The summed E-state index contributed by atoms with van der Waals surface area (Å²) in [6.45, 7) is 4.22. The minimum absolute atomic E-state index is 0.590. The average Bonchev–Trinajstić information content (AvgIpc) is 3.29. The monoisotopic (exact) mass is 458 g/mol. The molecule has 0 bridgehead atoms. The van der Waals surface area contributed by atoms with Crippen molar-refractivity contribution in [3.63, 3.8) is 0 Å². The van der Waals surface area contributed by atoms with Crippen LogP contribution in [0.25, 0.3) is 0 Å². The van der Waals surface area contributed by atoms with Gasteiger partial charge in [0.1, 0.15) is 11.5 Å². The van der Waals surface area contributed by atoms with E-state index < -0.39 is 0 Å². The molecular formula is C23H27ClN4O2S. The lowest BCUT2D eigenvalue weighted by Crippen LogP contribution is -2.35. The van der Waals surface area contributed by atoms with Crippen molar-refractivity contribution in [2.75, 3.05) is 26.1 Å². The van der Waals surface area contributed by atoms with E-state index in [1.807, 2.05) is 55.8 Å². The van der Waals surface area contributed by atoms with Crippen molar-refractivity contribution in [1.29, 1.82) is 0 Å². The predicted octanol–water partition coefficient (Wildman–Crippen LogP) is 5.15. The normalized spacial score (nSPS) is 10.6. The molecule has 0 spiro atoms. The van der Waals surface area contributed by atoms with Gasteiger partial charge in [0.15, 0.2) is 5.11 Å². The van der Waals surface area contributed by atoms with Gasteiger partial charge in [-0.1, -0.05) is 17.7 Å². The quantitative estimate of drug-likeness (QED) is 0.447. The van der Waals surface area contributed by atoms with Gasteiger partial charge >= 0.3 is 0 Å². The molecule has 0 saturated heterocycles. The number of benzene rings is 2. The first kappa shape index (κ1) is 22.9. The fourth-order valence-electron chi connectivity index (χ4n) is 3.23. The summed E-state index contributed by atoms with van der Waals surface area (Å²) in [6, 6.07) is 11.6. The molecule has 0 aliphatic carbocycles. The highest BCUT2D eigenvalue weighted by molar-refractivity contribution is 7.80. The molecule has 2 aromatic carbocycles. The van der Waals surface area contributed by atoms with Crippen molar-refractivity contribution >= 4 is 34.6 Å². The Labute approximate surface area is 193 Å². The van der Waals surface area contributed by atoms with E-state index in [2.05, 4.69) is 19.8 Å². The molecule has 8 heteroatoms. The van der Waals surface area contributed by atoms with E-state index in [1.54, 1.807) is 20.4 Å². The highest BCUT2D eigenvalue weighted by Gasteiger charge is 2.15. The van der Waals surface area contributed by atoms with Gasteiger partial charge < -0.3 is 24.3 Å². The first-order valence-electron chi connectivity index (χ1n) is 9.99. The standard InChI is InChI=1S/C23H27ClN4O2S/c1-17-5-8-20(24)21(13-17)26-23(31)28(11-4-10-27-12-9-25-16-27)15-18-6-7-19(29-2)14-22(18)30-3/h5-9,12-14,16H,4,10-11,15H2,1-3H3,(H,26,31). The Balaban J connectivity index is 1.78. The van der Waals surface area contributed by atoms with E-state index >= 15 is 0 Å². The van der Waals surface area contributed by atoms with Crippen molar-refractivity contribution < 1.29 is 9.47 Å². The van der Waals surface area contributed by atoms with Crippen molar-refractivity contribution in [3.05, 3.63) is 71.3 Å². The minimum atomic E-state index is 0.590. The minimum Gasteiger partial charge on any atom is -0.497 e. The number of hydrogen-bond donors (Lipinski definition) is 1. The number of ether oxygens (including phenoxy) is 2. The number of methoxy groups -OCH3 is 2.